The third kappa shape index (κ3) is 3.51. The Kier molecular flexibility index (Phi) is 5.69. The minimum Gasteiger partial charge on any atom is -0.332 e. The minimum atomic E-state index is -0.258. The lowest BCUT2D eigenvalue weighted by molar-refractivity contribution is -0.139. The van der Waals surface area contributed by atoms with Crippen molar-refractivity contribution >= 4 is 18.3 Å². The van der Waals surface area contributed by atoms with Gasteiger partial charge in [0.15, 0.2) is 0 Å². The molecule has 0 radical (unpaired) electrons. The van der Waals surface area contributed by atoms with Gasteiger partial charge in [0, 0.05) is 12.1 Å². The molecule has 3 nitrogen and oxygen atoms in total. The van der Waals surface area contributed by atoms with Gasteiger partial charge in [-0.25, -0.2) is 0 Å². The highest BCUT2D eigenvalue weighted by molar-refractivity contribution is 5.85. The van der Waals surface area contributed by atoms with Crippen LogP contribution in [0.1, 0.15) is 55.0 Å². The summed E-state index contributed by atoms with van der Waals surface area (Å²) >= 11 is 0. The van der Waals surface area contributed by atoms with Gasteiger partial charge in [-0.2, -0.15) is 0 Å². The summed E-state index contributed by atoms with van der Waals surface area (Å²) in [5, 5.41) is 0. The van der Waals surface area contributed by atoms with Crippen LogP contribution in [0.3, 0.4) is 0 Å². The normalized spacial score (nSPS) is 20.6. The first-order valence-corrected chi connectivity index (χ1v) is 9.37. The molecule has 1 saturated carbocycles. The summed E-state index contributed by atoms with van der Waals surface area (Å²) in [6.45, 7) is 1.98. The van der Waals surface area contributed by atoms with Crippen molar-refractivity contribution in [2.45, 2.75) is 50.7 Å². The number of hydrogen-bond donors (Lipinski definition) is 1. The van der Waals surface area contributed by atoms with Crippen LogP contribution in [-0.4, -0.2) is 16.8 Å². The zero-order valence-corrected chi connectivity index (χ0v) is 16.0. The third-order valence-corrected chi connectivity index (χ3v) is 5.74. The van der Waals surface area contributed by atoms with E-state index in [4.69, 9.17) is 5.73 Å². The molecule has 1 amide bonds. The van der Waals surface area contributed by atoms with E-state index in [0.29, 0.717) is 6.04 Å². The van der Waals surface area contributed by atoms with Crippen LogP contribution < -0.4 is 5.73 Å². The lowest BCUT2D eigenvalue weighted by Crippen LogP contribution is -2.42. The summed E-state index contributed by atoms with van der Waals surface area (Å²) in [6.07, 6.45) is 4.35. The van der Waals surface area contributed by atoms with Gasteiger partial charge in [-0.15, -0.1) is 12.4 Å². The topological polar surface area (TPSA) is 46.3 Å². The molecule has 26 heavy (non-hydrogen) atoms. The number of fused-ring (bicyclic) bond motifs is 1. The largest absolute Gasteiger partial charge is 0.332 e. The standard InChI is InChI=1S/C22H26N2O.ClH/c1-15(21(23)17-8-3-2-4-9-17)22(25)24(18-12-13-18)20-14-11-16-7-5-6-10-19(16)20;/h2-10,15,18,20-21H,11-14,23H2,1H3;1H. The summed E-state index contributed by atoms with van der Waals surface area (Å²) in [7, 11) is 0. The lowest BCUT2D eigenvalue weighted by Gasteiger charge is -2.34. The van der Waals surface area contributed by atoms with Crippen LogP contribution in [-0.2, 0) is 11.2 Å². The molecule has 1 fully saturated rings. The van der Waals surface area contributed by atoms with Crippen molar-refractivity contribution in [3.8, 4) is 0 Å². The van der Waals surface area contributed by atoms with Gasteiger partial charge in [0.25, 0.3) is 0 Å². The van der Waals surface area contributed by atoms with Crippen LogP contribution in [0, 0.1) is 5.92 Å². The molecule has 0 bridgehead atoms. The molecule has 0 aliphatic heterocycles. The highest BCUT2D eigenvalue weighted by Gasteiger charge is 2.42. The Bertz CT molecular complexity index is 760. The Hall–Kier alpha value is -1.84. The van der Waals surface area contributed by atoms with Gasteiger partial charge in [-0.05, 0) is 42.4 Å². The molecule has 2 aromatic carbocycles. The summed E-state index contributed by atoms with van der Waals surface area (Å²) in [6, 6.07) is 18.9. The lowest BCUT2D eigenvalue weighted by atomic mass is 9.93. The summed E-state index contributed by atoms with van der Waals surface area (Å²) in [5.41, 5.74) is 10.2. The molecule has 3 atom stereocenters. The Morgan fingerprint density at radius 1 is 1.04 bits per heavy atom. The van der Waals surface area contributed by atoms with E-state index in [-0.39, 0.29) is 36.3 Å². The Balaban J connectivity index is 0.00000196. The van der Waals surface area contributed by atoms with Gasteiger partial charge in [-0.1, -0.05) is 61.5 Å². The molecule has 4 heteroatoms. The second kappa shape index (κ2) is 7.81. The van der Waals surface area contributed by atoms with E-state index < -0.39 is 0 Å². The maximum absolute atomic E-state index is 13.4. The van der Waals surface area contributed by atoms with E-state index in [1.54, 1.807) is 0 Å². The van der Waals surface area contributed by atoms with Gasteiger partial charge in [0.2, 0.25) is 5.91 Å². The van der Waals surface area contributed by atoms with Gasteiger partial charge in [-0.3, -0.25) is 4.79 Å². The van der Waals surface area contributed by atoms with E-state index in [2.05, 4.69) is 29.2 Å². The fraction of sp³-hybridized carbons (Fsp3) is 0.409. The monoisotopic (exact) mass is 370 g/mol. The van der Waals surface area contributed by atoms with Crippen molar-refractivity contribution in [3.05, 3.63) is 71.3 Å². The first kappa shape index (κ1) is 18.9. The number of nitrogens with zero attached hydrogens (tertiary/aromatic N) is 1. The fourth-order valence-corrected chi connectivity index (χ4v) is 4.12. The number of hydrogen-bond acceptors (Lipinski definition) is 2. The molecule has 0 aromatic heterocycles. The first-order valence-electron chi connectivity index (χ1n) is 9.37. The molecule has 0 spiro atoms. The van der Waals surface area contributed by atoms with Crippen LogP contribution in [0.4, 0.5) is 0 Å². The summed E-state index contributed by atoms with van der Waals surface area (Å²) < 4.78 is 0. The maximum Gasteiger partial charge on any atom is 0.228 e. The minimum absolute atomic E-state index is 0. The molecular weight excluding hydrogens is 344 g/mol. The summed E-state index contributed by atoms with van der Waals surface area (Å²) in [5.74, 6) is -0.00341. The number of carbonyl (C=O) groups excluding carboxylic acids is 1. The number of rotatable bonds is 5. The molecule has 2 aliphatic carbocycles. The van der Waals surface area contributed by atoms with Crippen molar-refractivity contribution in [3.63, 3.8) is 0 Å². The summed E-state index contributed by atoms with van der Waals surface area (Å²) in [4.78, 5) is 15.5. The van der Waals surface area contributed by atoms with Gasteiger partial charge >= 0.3 is 0 Å². The Labute approximate surface area is 162 Å². The van der Waals surface area contributed by atoms with E-state index in [0.717, 1.165) is 31.2 Å². The molecule has 2 aromatic rings. The van der Waals surface area contributed by atoms with Crippen LogP contribution in [0.5, 0.6) is 0 Å². The van der Waals surface area contributed by atoms with Crippen molar-refractivity contribution in [2.24, 2.45) is 11.7 Å². The smallest absolute Gasteiger partial charge is 0.228 e. The predicted molar refractivity (Wildman–Crippen MR) is 107 cm³/mol. The predicted octanol–water partition coefficient (Wildman–Crippen LogP) is 4.42. The van der Waals surface area contributed by atoms with Crippen LogP contribution in [0.15, 0.2) is 54.6 Å². The highest BCUT2D eigenvalue weighted by Crippen LogP contribution is 2.43. The van der Waals surface area contributed by atoms with Crippen LogP contribution in [0.2, 0.25) is 0 Å². The second-order valence-corrected chi connectivity index (χ2v) is 7.46. The molecular formula is C22H27ClN2O. The molecule has 3 unspecified atom stereocenters. The zero-order chi connectivity index (χ0) is 17.4. The Morgan fingerprint density at radius 2 is 1.69 bits per heavy atom. The quantitative estimate of drug-likeness (QED) is 0.846. The van der Waals surface area contributed by atoms with Gasteiger partial charge in [0.05, 0.1) is 12.0 Å². The van der Waals surface area contributed by atoms with Gasteiger partial charge < -0.3 is 10.6 Å². The number of aryl methyl sites for hydroxylation is 1. The number of nitrogens with two attached hydrogens (primary N) is 1. The van der Waals surface area contributed by atoms with Crippen LogP contribution >= 0.6 is 12.4 Å². The van der Waals surface area contributed by atoms with E-state index >= 15 is 0 Å². The average Bonchev–Trinajstić information content (AvgIpc) is 3.41. The molecule has 0 saturated heterocycles. The molecule has 138 valence electrons. The van der Waals surface area contributed by atoms with Crippen molar-refractivity contribution in [2.75, 3.05) is 0 Å². The number of benzene rings is 2. The number of halogens is 1. The fourth-order valence-electron chi connectivity index (χ4n) is 4.12. The molecule has 0 heterocycles. The zero-order valence-electron chi connectivity index (χ0n) is 15.2. The van der Waals surface area contributed by atoms with E-state index in [9.17, 15) is 4.79 Å². The molecule has 2 aliphatic rings. The van der Waals surface area contributed by atoms with E-state index in [1.807, 2.05) is 37.3 Å². The second-order valence-electron chi connectivity index (χ2n) is 7.46. The molecule has 4 rings (SSSR count). The van der Waals surface area contributed by atoms with E-state index in [1.165, 1.54) is 11.1 Å². The van der Waals surface area contributed by atoms with Crippen molar-refractivity contribution in [1.29, 1.82) is 0 Å². The first-order chi connectivity index (χ1) is 12.2. The van der Waals surface area contributed by atoms with Crippen molar-refractivity contribution in [1.82, 2.24) is 4.90 Å². The SMILES string of the molecule is CC(C(=O)N(C1CC1)C1CCc2ccccc21)C(N)c1ccccc1.Cl. The average molecular weight is 371 g/mol. The van der Waals surface area contributed by atoms with Crippen LogP contribution in [0.25, 0.3) is 0 Å². The number of amides is 1. The van der Waals surface area contributed by atoms with Crippen molar-refractivity contribution < 1.29 is 4.79 Å². The highest BCUT2D eigenvalue weighted by atomic mass is 35.5. The Morgan fingerprint density at radius 3 is 2.38 bits per heavy atom. The number of carbonyl (C=O) groups is 1. The maximum atomic E-state index is 13.4. The third-order valence-electron chi connectivity index (χ3n) is 5.74. The molecule has 2 N–H and O–H groups in total. The van der Waals surface area contributed by atoms with Gasteiger partial charge in [0.1, 0.15) is 0 Å².